The smallest absolute Gasteiger partial charge is 0.184 e. The molecule has 2 aromatic rings. The molecule has 80 valence electrons. The number of pyridine rings is 1. The lowest BCUT2D eigenvalue weighted by Crippen LogP contribution is -2.11. The zero-order chi connectivity index (χ0) is 11.0. The lowest BCUT2D eigenvalue weighted by molar-refractivity contribution is 0.897. The Hall–Kier alpha value is -1.58. The van der Waals surface area contributed by atoms with Gasteiger partial charge in [0.25, 0.3) is 0 Å². The van der Waals surface area contributed by atoms with Crippen molar-refractivity contribution in [3.8, 4) is 0 Å². The molecule has 1 N–H and O–H groups in total. The highest BCUT2D eigenvalue weighted by molar-refractivity contribution is 5.68. The number of fused-ring (bicyclic) bond motifs is 1. The molecule has 0 saturated carbocycles. The van der Waals surface area contributed by atoms with E-state index in [2.05, 4.69) is 48.5 Å². The van der Waals surface area contributed by atoms with Crippen LogP contribution >= 0.6 is 0 Å². The summed E-state index contributed by atoms with van der Waals surface area (Å²) in [6, 6.07) is 2.50. The molecule has 2 heterocycles. The molecule has 0 aliphatic carbocycles. The van der Waals surface area contributed by atoms with Gasteiger partial charge >= 0.3 is 0 Å². The van der Waals surface area contributed by atoms with Gasteiger partial charge in [-0.25, -0.2) is 0 Å². The van der Waals surface area contributed by atoms with Gasteiger partial charge in [0.15, 0.2) is 5.65 Å². The number of nitrogens with zero attached hydrogens (tertiary/aromatic N) is 3. The highest BCUT2D eigenvalue weighted by Crippen LogP contribution is 2.18. The molecule has 0 aromatic carbocycles. The van der Waals surface area contributed by atoms with Gasteiger partial charge in [-0.15, -0.1) is 10.2 Å². The molecular weight excluding hydrogens is 188 g/mol. The van der Waals surface area contributed by atoms with Crippen LogP contribution in [-0.4, -0.2) is 20.6 Å². The van der Waals surface area contributed by atoms with Crippen molar-refractivity contribution in [2.24, 2.45) is 0 Å². The van der Waals surface area contributed by atoms with Crippen LogP contribution in [0.15, 0.2) is 12.3 Å². The Labute approximate surface area is 89.3 Å². The van der Waals surface area contributed by atoms with Crippen molar-refractivity contribution < 1.29 is 0 Å². The van der Waals surface area contributed by atoms with E-state index in [1.807, 2.05) is 11.3 Å². The number of aromatic nitrogens is 3. The van der Waals surface area contributed by atoms with E-state index in [1.54, 1.807) is 0 Å². The molecule has 0 spiro atoms. The Morgan fingerprint density at radius 2 is 2.00 bits per heavy atom. The average Bonchev–Trinajstić information content (AvgIpc) is 2.47. The maximum Gasteiger partial charge on any atom is 0.184 e. The number of hydrogen-bond donors (Lipinski definition) is 1. The number of hydrogen-bond acceptors (Lipinski definition) is 3. The first-order chi connectivity index (χ1) is 7.08. The Morgan fingerprint density at radius 3 is 2.67 bits per heavy atom. The molecular formula is C11H16N4. The summed E-state index contributed by atoms with van der Waals surface area (Å²) in [5.41, 5.74) is 3.14. The number of aryl methyl sites for hydroxylation is 2. The van der Waals surface area contributed by atoms with E-state index in [9.17, 15) is 0 Å². The molecule has 0 atom stereocenters. The van der Waals surface area contributed by atoms with Gasteiger partial charge in [-0.3, -0.25) is 4.40 Å². The van der Waals surface area contributed by atoms with E-state index in [1.165, 1.54) is 5.56 Å². The molecule has 4 heteroatoms. The first kappa shape index (κ1) is 9.96. The number of rotatable bonds is 2. The Balaban J connectivity index is 2.61. The fourth-order valence-electron chi connectivity index (χ4n) is 1.66. The minimum absolute atomic E-state index is 0.396. The Bertz CT molecular complexity index is 485. The van der Waals surface area contributed by atoms with Crippen molar-refractivity contribution in [3.05, 3.63) is 23.7 Å². The third kappa shape index (κ3) is 1.79. The second kappa shape index (κ2) is 3.53. The van der Waals surface area contributed by atoms with E-state index in [-0.39, 0.29) is 0 Å². The summed E-state index contributed by atoms with van der Waals surface area (Å²) in [6.07, 6.45) is 2.05. The molecule has 2 rings (SSSR count). The van der Waals surface area contributed by atoms with Gasteiger partial charge in [0, 0.05) is 12.2 Å². The van der Waals surface area contributed by atoms with Gasteiger partial charge in [0.05, 0.1) is 5.69 Å². The molecule has 0 aliphatic heterocycles. The molecule has 0 fully saturated rings. The van der Waals surface area contributed by atoms with Crippen LogP contribution in [-0.2, 0) is 0 Å². The summed E-state index contributed by atoms with van der Waals surface area (Å²) in [5, 5.41) is 11.6. The van der Waals surface area contributed by atoms with Crippen LogP contribution in [0.25, 0.3) is 5.65 Å². The van der Waals surface area contributed by atoms with Crippen LogP contribution in [0.2, 0.25) is 0 Å². The van der Waals surface area contributed by atoms with Gasteiger partial charge in [0.1, 0.15) is 5.82 Å². The summed E-state index contributed by atoms with van der Waals surface area (Å²) in [7, 11) is 0. The van der Waals surface area contributed by atoms with Gasteiger partial charge in [-0.05, 0) is 39.3 Å². The van der Waals surface area contributed by atoms with Crippen LogP contribution in [0.1, 0.15) is 25.2 Å². The maximum atomic E-state index is 4.16. The standard InChI is InChI=1S/C11H16N4/c1-7(2)12-10-5-8(3)6-15-9(4)13-14-11(10)15/h5-7,12H,1-4H3. The van der Waals surface area contributed by atoms with Gasteiger partial charge in [-0.2, -0.15) is 0 Å². The largest absolute Gasteiger partial charge is 0.380 e. The fourth-order valence-corrected chi connectivity index (χ4v) is 1.66. The van der Waals surface area contributed by atoms with Crippen molar-refractivity contribution in [2.75, 3.05) is 5.32 Å². The monoisotopic (exact) mass is 204 g/mol. The third-order valence-electron chi connectivity index (χ3n) is 2.26. The third-order valence-corrected chi connectivity index (χ3v) is 2.26. The molecule has 0 bridgehead atoms. The van der Waals surface area contributed by atoms with E-state index in [0.717, 1.165) is 17.2 Å². The zero-order valence-corrected chi connectivity index (χ0v) is 9.57. The van der Waals surface area contributed by atoms with Gasteiger partial charge in [0.2, 0.25) is 0 Å². The Morgan fingerprint density at radius 1 is 1.27 bits per heavy atom. The first-order valence-corrected chi connectivity index (χ1v) is 5.16. The van der Waals surface area contributed by atoms with E-state index in [0.29, 0.717) is 6.04 Å². The van der Waals surface area contributed by atoms with E-state index in [4.69, 9.17) is 0 Å². The van der Waals surface area contributed by atoms with Crippen molar-refractivity contribution in [2.45, 2.75) is 33.7 Å². The molecule has 0 aliphatic rings. The summed E-state index contributed by atoms with van der Waals surface area (Å²) >= 11 is 0. The molecule has 0 radical (unpaired) electrons. The SMILES string of the molecule is Cc1cc(NC(C)C)c2nnc(C)n2c1. The van der Waals surface area contributed by atoms with Crippen molar-refractivity contribution >= 4 is 11.3 Å². The highest BCUT2D eigenvalue weighted by Gasteiger charge is 2.08. The molecule has 15 heavy (non-hydrogen) atoms. The number of anilines is 1. The maximum absolute atomic E-state index is 4.16. The van der Waals surface area contributed by atoms with Crippen LogP contribution < -0.4 is 5.32 Å². The molecule has 0 amide bonds. The summed E-state index contributed by atoms with van der Waals surface area (Å²) in [4.78, 5) is 0. The highest BCUT2D eigenvalue weighted by atomic mass is 15.3. The predicted molar refractivity (Wildman–Crippen MR) is 61.2 cm³/mol. The van der Waals surface area contributed by atoms with E-state index < -0.39 is 0 Å². The lowest BCUT2D eigenvalue weighted by atomic mass is 10.2. The van der Waals surface area contributed by atoms with Crippen LogP contribution in [0.4, 0.5) is 5.69 Å². The molecule has 0 saturated heterocycles. The lowest BCUT2D eigenvalue weighted by Gasteiger charge is -2.11. The van der Waals surface area contributed by atoms with Crippen LogP contribution in [0.3, 0.4) is 0 Å². The quantitative estimate of drug-likeness (QED) is 0.815. The summed E-state index contributed by atoms with van der Waals surface area (Å²) < 4.78 is 2.01. The van der Waals surface area contributed by atoms with Crippen molar-refractivity contribution in [1.29, 1.82) is 0 Å². The van der Waals surface area contributed by atoms with Crippen LogP contribution in [0, 0.1) is 13.8 Å². The average molecular weight is 204 g/mol. The Kier molecular flexibility index (Phi) is 2.34. The van der Waals surface area contributed by atoms with Crippen molar-refractivity contribution in [3.63, 3.8) is 0 Å². The summed E-state index contributed by atoms with van der Waals surface area (Å²) in [5.74, 6) is 0.917. The van der Waals surface area contributed by atoms with E-state index >= 15 is 0 Å². The van der Waals surface area contributed by atoms with Crippen molar-refractivity contribution in [1.82, 2.24) is 14.6 Å². The first-order valence-electron chi connectivity index (χ1n) is 5.16. The second-order valence-electron chi connectivity index (χ2n) is 4.17. The van der Waals surface area contributed by atoms with Crippen LogP contribution in [0.5, 0.6) is 0 Å². The summed E-state index contributed by atoms with van der Waals surface area (Å²) in [6.45, 7) is 8.26. The number of nitrogens with one attached hydrogen (secondary N) is 1. The molecule has 0 unspecified atom stereocenters. The zero-order valence-electron chi connectivity index (χ0n) is 9.57. The molecule has 2 aromatic heterocycles. The fraction of sp³-hybridized carbons (Fsp3) is 0.455. The minimum atomic E-state index is 0.396. The predicted octanol–water partition coefficient (Wildman–Crippen LogP) is 2.17. The second-order valence-corrected chi connectivity index (χ2v) is 4.17. The topological polar surface area (TPSA) is 42.2 Å². The van der Waals surface area contributed by atoms with Gasteiger partial charge < -0.3 is 5.32 Å². The molecule has 4 nitrogen and oxygen atoms in total. The normalized spacial score (nSPS) is 11.3. The minimum Gasteiger partial charge on any atom is -0.380 e. The van der Waals surface area contributed by atoms with Gasteiger partial charge in [-0.1, -0.05) is 0 Å².